The van der Waals surface area contributed by atoms with Crippen LogP contribution in [0.15, 0.2) is 84.6 Å². The summed E-state index contributed by atoms with van der Waals surface area (Å²) in [5.41, 5.74) is 2.23. The Balaban J connectivity index is 1.80. The quantitative estimate of drug-likeness (QED) is 0.493. The monoisotopic (exact) mass is 430 g/mol. The number of imide groups is 1. The summed E-state index contributed by atoms with van der Waals surface area (Å²) in [6.45, 7) is 2.62. The zero-order valence-electron chi connectivity index (χ0n) is 17.9. The molecule has 3 aromatic rings. The van der Waals surface area contributed by atoms with Crippen LogP contribution < -0.4 is 14.5 Å². The van der Waals surface area contributed by atoms with Crippen molar-refractivity contribution >= 4 is 28.8 Å². The lowest BCUT2D eigenvalue weighted by atomic mass is 10.0. The maximum Gasteiger partial charge on any atom is 0.282 e. The predicted molar refractivity (Wildman–Crippen MR) is 123 cm³/mol. The van der Waals surface area contributed by atoms with Crippen LogP contribution in [0.4, 0.5) is 15.8 Å². The van der Waals surface area contributed by atoms with Crippen molar-refractivity contribution in [3.8, 4) is 5.75 Å². The van der Waals surface area contributed by atoms with Gasteiger partial charge in [0.2, 0.25) is 0 Å². The van der Waals surface area contributed by atoms with Crippen molar-refractivity contribution in [1.82, 2.24) is 0 Å². The maximum atomic E-state index is 13.5. The van der Waals surface area contributed by atoms with Crippen LogP contribution >= 0.6 is 0 Å². The average molecular weight is 430 g/mol. The highest BCUT2D eigenvalue weighted by atomic mass is 19.1. The third-order valence-corrected chi connectivity index (χ3v) is 5.24. The number of amides is 2. The van der Waals surface area contributed by atoms with Crippen LogP contribution in [-0.2, 0) is 9.59 Å². The average Bonchev–Trinajstić information content (AvgIpc) is 3.08. The first-order valence-corrected chi connectivity index (χ1v) is 10.4. The van der Waals surface area contributed by atoms with Crippen LogP contribution in [0.2, 0.25) is 0 Å². The number of benzene rings is 3. The van der Waals surface area contributed by atoms with E-state index in [4.69, 9.17) is 4.74 Å². The summed E-state index contributed by atoms with van der Waals surface area (Å²) in [6.07, 6.45) is 0.887. The summed E-state index contributed by atoms with van der Waals surface area (Å²) in [5.74, 6) is -0.664. The Morgan fingerprint density at radius 3 is 2.16 bits per heavy atom. The van der Waals surface area contributed by atoms with Crippen LogP contribution in [0.5, 0.6) is 5.75 Å². The van der Waals surface area contributed by atoms with Crippen molar-refractivity contribution in [1.29, 1.82) is 0 Å². The summed E-state index contributed by atoms with van der Waals surface area (Å²) < 4.78 is 19.1. The van der Waals surface area contributed by atoms with E-state index in [1.165, 1.54) is 24.3 Å². The van der Waals surface area contributed by atoms with Gasteiger partial charge in [-0.25, -0.2) is 9.29 Å². The zero-order chi connectivity index (χ0) is 22.7. The smallest absolute Gasteiger partial charge is 0.282 e. The lowest BCUT2D eigenvalue weighted by Gasteiger charge is -2.21. The largest absolute Gasteiger partial charge is 0.494 e. The first-order chi connectivity index (χ1) is 15.5. The molecule has 1 aliphatic heterocycles. The molecule has 5 nitrogen and oxygen atoms in total. The molecule has 0 saturated carbocycles. The molecule has 0 N–H and O–H groups in total. The van der Waals surface area contributed by atoms with Crippen molar-refractivity contribution in [2.75, 3.05) is 23.5 Å². The molecule has 0 unspecified atom stereocenters. The van der Waals surface area contributed by atoms with E-state index in [9.17, 15) is 14.0 Å². The van der Waals surface area contributed by atoms with Gasteiger partial charge in [0.05, 0.1) is 17.9 Å². The first-order valence-electron chi connectivity index (χ1n) is 10.4. The molecule has 32 heavy (non-hydrogen) atoms. The molecule has 6 heteroatoms. The van der Waals surface area contributed by atoms with E-state index in [-0.39, 0.29) is 11.3 Å². The molecule has 0 bridgehead atoms. The van der Waals surface area contributed by atoms with Gasteiger partial charge in [-0.15, -0.1) is 0 Å². The van der Waals surface area contributed by atoms with Crippen molar-refractivity contribution in [3.63, 3.8) is 0 Å². The topological polar surface area (TPSA) is 49.9 Å². The molecular formula is C26H23FN2O3. The molecule has 0 atom stereocenters. The van der Waals surface area contributed by atoms with Crippen molar-refractivity contribution in [2.45, 2.75) is 13.3 Å². The minimum atomic E-state index is -0.464. The van der Waals surface area contributed by atoms with Gasteiger partial charge in [-0.05, 0) is 60.5 Å². The molecule has 2 amide bonds. The number of likely N-dealkylation sites (N-methyl/N-ethyl adjacent to an activating group) is 1. The van der Waals surface area contributed by atoms with Crippen LogP contribution in [0.25, 0.3) is 5.57 Å². The van der Waals surface area contributed by atoms with Gasteiger partial charge in [0.15, 0.2) is 0 Å². The van der Waals surface area contributed by atoms with E-state index in [1.54, 1.807) is 36.2 Å². The zero-order valence-corrected chi connectivity index (χ0v) is 17.9. The number of hydrogen-bond donors (Lipinski definition) is 0. The highest BCUT2D eigenvalue weighted by Crippen LogP contribution is 2.36. The summed E-state index contributed by atoms with van der Waals surface area (Å²) in [6, 6.07) is 21.8. The summed E-state index contributed by atoms with van der Waals surface area (Å²) >= 11 is 0. The van der Waals surface area contributed by atoms with E-state index in [1.807, 2.05) is 37.3 Å². The highest BCUT2D eigenvalue weighted by Gasteiger charge is 2.42. The molecule has 0 saturated heterocycles. The Morgan fingerprint density at radius 2 is 1.53 bits per heavy atom. The molecule has 0 spiro atoms. The first kappa shape index (κ1) is 21.3. The van der Waals surface area contributed by atoms with Crippen molar-refractivity contribution < 1.29 is 18.7 Å². The van der Waals surface area contributed by atoms with Gasteiger partial charge in [-0.1, -0.05) is 37.3 Å². The number of rotatable bonds is 7. The van der Waals surface area contributed by atoms with Gasteiger partial charge >= 0.3 is 0 Å². The number of carbonyl (C=O) groups is 2. The number of halogens is 1. The van der Waals surface area contributed by atoms with Gasteiger partial charge in [-0.3, -0.25) is 9.59 Å². The van der Waals surface area contributed by atoms with Crippen molar-refractivity contribution in [3.05, 3.63) is 95.9 Å². The standard InChI is InChI=1S/C26H23FN2O3/c1-3-17-32-22-15-9-18(10-16-22)23-24(28(2)20-7-5-4-6-8-20)26(31)29(25(23)30)21-13-11-19(27)12-14-21/h4-16H,3,17H2,1-2H3. The second-order valence-electron chi connectivity index (χ2n) is 7.41. The fourth-order valence-corrected chi connectivity index (χ4v) is 3.63. The molecule has 0 fully saturated rings. The van der Waals surface area contributed by atoms with E-state index >= 15 is 0 Å². The van der Waals surface area contributed by atoms with E-state index in [0.717, 1.165) is 17.0 Å². The van der Waals surface area contributed by atoms with Crippen LogP contribution in [0.1, 0.15) is 18.9 Å². The predicted octanol–water partition coefficient (Wildman–Crippen LogP) is 5.04. The summed E-state index contributed by atoms with van der Waals surface area (Å²) in [7, 11) is 1.75. The minimum Gasteiger partial charge on any atom is -0.494 e. The van der Waals surface area contributed by atoms with Gasteiger partial charge in [0.25, 0.3) is 11.8 Å². The normalized spacial score (nSPS) is 13.7. The van der Waals surface area contributed by atoms with Gasteiger partial charge in [0, 0.05) is 12.7 Å². The van der Waals surface area contributed by atoms with Crippen LogP contribution in [0.3, 0.4) is 0 Å². The molecule has 1 aliphatic rings. The van der Waals surface area contributed by atoms with Crippen molar-refractivity contribution in [2.24, 2.45) is 0 Å². The fourth-order valence-electron chi connectivity index (χ4n) is 3.63. The molecule has 0 aromatic heterocycles. The second kappa shape index (κ2) is 9.06. The molecule has 1 heterocycles. The van der Waals surface area contributed by atoms with E-state index in [2.05, 4.69) is 0 Å². The van der Waals surface area contributed by atoms with E-state index < -0.39 is 17.6 Å². The number of hydrogen-bond acceptors (Lipinski definition) is 4. The Morgan fingerprint density at radius 1 is 0.875 bits per heavy atom. The maximum absolute atomic E-state index is 13.5. The molecule has 3 aromatic carbocycles. The van der Waals surface area contributed by atoms with Crippen LogP contribution in [-0.4, -0.2) is 25.5 Å². The van der Waals surface area contributed by atoms with E-state index in [0.29, 0.717) is 23.6 Å². The molecule has 4 rings (SSSR count). The molecule has 0 aliphatic carbocycles. The minimum absolute atomic E-state index is 0.257. The van der Waals surface area contributed by atoms with Gasteiger partial charge < -0.3 is 9.64 Å². The number of para-hydroxylation sites is 1. The van der Waals surface area contributed by atoms with Gasteiger partial charge in [-0.2, -0.15) is 0 Å². The number of anilines is 2. The lowest BCUT2D eigenvalue weighted by Crippen LogP contribution is -2.34. The molecular weight excluding hydrogens is 407 g/mol. The number of nitrogens with zero attached hydrogens (tertiary/aromatic N) is 2. The fraction of sp³-hybridized carbons (Fsp3) is 0.154. The van der Waals surface area contributed by atoms with Crippen LogP contribution in [0, 0.1) is 5.82 Å². The Labute approximate surface area is 186 Å². The van der Waals surface area contributed by atoms with Gasteiger partial charge in [0.1, 0.15) is 17.3 Å². The second-order valence-corrected chi connectivity index (χ2v) is 7.41. The third kappa shape index (κ3) is 3.99. The Bertz CT molecular complexity index is 1160. The molecule has 0 radical (unpaired) electrons. The SMILES string of the molecule is CCCOc1ccc(C2=C(N(C)c3ccccc3)C(=O)N(c3ccc(F)cc3)C2=O)cc1. The Hall–Kier alpha value is -3.93. The molecule has 162 valence electrons. The number of carbonyl (C=O) groups excluding carboxylic acids is 2. The summed E-state index contributed by atoms with van der Waals surface area (Å²) in [4.78, 5) is 29.8. The Kier molecular flexibility index (Phi) is 6.03. The third-order valence-electron chi connectivity index (χ3n) is 5.24. The highest BCUT2D eigenvalue weighted by molar-refractivity contribution is 6.46. The summed E-state index contributed by atoms with van der Waals surface area (Å²) in [5, 5.41) is 0. The number of ether oxygens (including phenoxy) is 1. The lowest BCUT2D eigenvalue weighted by molar-refractivity contribution is -0.120.